The van der Waals surface area contributed by atoms with Crippen LogP contribution in [0.25, 0.3) is 11.1 Å². The molecule has 3 aromatic carbocycles. The fourth-order valence-corrected chi connectivity index (χ4v) is 4.85. The number of hydrogen-bond acceptors (Lipinski definition) is 3. The molecule has 164 valence electrons. The number of thioether (sulfide) groups is 1. The summed E-state index contributed by atoms with van der Waals surface area (Å²) in [6, 6.07) is 24.3. The number of amides is 2. The molecular weight excluding hydrogens is 416 g/mol. The van der Waals surface area contributed by atoms with Crippen molar-refractivity contribution in [1.82, 2.24) is 10.2 Å². The minimum absolute atomic E-state index is 0.0537. The van der Waals surface area contributed by atoms with Crippen molar-refractivity contribution in [3.63, 3.8) is 0 Å². The molecule has 0 unspecified atom stereocenters. The lowest BCUT2D eigenvalue weighted by Crippen LogP contribution is -2.24. The Morgan fingerprint density at radius 2 is 1.75 bits per heavy atom. The van der Waals surface area contributed by atoms with E-state index in [0.717, 1.165) is 51.4 Å². The minimum Gasteiger partial charge on any atom is -0.348 e. The molecule has 0 aliphatic carbocycles. The van der Waals surface area contributed by atoms with Crippen LogP contribution in [0.1, 0.15) is 41.3 Å². The number of nitrogens with one attached hydrogen (secondary N) is 1. The molecule has 0 bridgehead atoms. The van der Waals surface area contributed by atoms with Crippen molar-refractivity contribution >= 4 is 23.6 Å². The van der Waals surface area contributed by atoms with E-state index in [9.17, 15) is 9.59 Å². The van der Waals surface area contributed by atoms with Gasteiger partial charge in [0, 0.05) is 31.0 Å². The zero-order valence-corrected chi connectivity index (χ0v) is 19.2. The molecule has 0 saturated carbocycles. The Morgan fingerprint density at radius 1 is 1.00 bits per heavy atom. The van der Waals surface area contributed by atoms with Crippen LogP contribution in [0.4, 0.5) is 0 Å². The fourth-order valence-electron chi connectivity index (χ4n) is 4.04. The van der Waals surface area contributed by atoms with Crippen molar-refractivity contribution < 1.29 is 9.59 Å². The van der Waals surface area contributed by atoms with Crippen LogP contribution in [0.3, 0.4) is 0 Å². The standard InChI is InChI=1S/C27H28N2O2S/c1-2-32-25-11-6-5-10-24(25)27(31)28-18-22-8-3-4-9-23(22)21-15-13-20(14-16-21)19-29-17-7-12-26(29)30/h3-6,8-11,13-16H,2,7,12,17-19H2,1H3,(H,28,31). The largest absolute Gasteiger partial charge is 0.348 e. The Balaban J connectivity index is 1.46. The SMILES string of the molecule is CCSc1ccccc1C(=O)NCc1ccccc1-c1ccc(CN2CCCC2=O)cc1. The molecule has 1 saturated heterocycles. The summed E-state index contributed by atoms with van der Waals surface area (Å²) >= 11 is 1.68. The van der Waals surface area contributed by atoms with Gasteiger partial charge in [-0.25, -0.2) is 0 Å². The monoisotopic (exact) mass is 444 g/mol. The van der Waals surface area contributed by atoms with E-state index in [1.807, 2.05) is 41.3 Å². The highest BCUT2D eigenvalue weighted by molar-refractivity contribution is 7.99. The van der Waals surface area contributed by atoms with Crippen LogP contribution in [-0.4, -0.2) is 29.0 Å². The second kappa shape index (κ2) is 10.5. The van der Waals surface area contributed by atoms with E-state index in [2.05, 4.69) is 48.6 Å². The molecule has 2 amide bonds. The molecule has 0 radical (unpaired) electrons. The number of carbonyl (C=O) groups is 2. The van der Waals surface area contributed by atoms with Crippen LogP contribution < -0.4 is 5.32 Å². The smallest absolute Gasteiger partial charge is 0.252 e. The first-order chi connectivity index (χ1) is 15.7. The molecule has 5 heteroatoms. The molecule has 3 aromatic rings. The quantitative estimate of drug-likeness (QED) is 0.466. The molecule has 0 aromatic heterocycles. The number of nitrogens with zero attached hydrogens (tertiary/aromatic N) is 1. The highest BCUT2D eigenvalue weighted by atomic mass is 32.2. The van der Waals surface area contributed by atoms with Crippen molar-refractivity contribution in [1.29, 1.82) is 0 Å². The van der Waals surface area contributed by atoms with Gasteiger partial charge in [0.15, 0.2) is 0 Å². The molecule has 1 N–H and O–H groups in total. The molecule has 1 heterocycles. The lowest BCUT2D eigenvalue weighted by molar-refractivity contribution is -0.128. The predicted octanol–water partition coefficient (Wildman–Crippen LogP) is 5.52. The molecule has 4 rings (SSSR count). The van der Waals surface area contributed by atoms with Crippen molar-refractivity contribution in [3.05, 3.63) is 89.5 Å². The lowest BCUT2D eigenvalue weighted by atomic mass is 9.98. The number of likely N-dealkylation sites (tertiary alicyclic amines) is 1. The van der Waals surface area contributed by atoms with Crippen molar-refractivity contribution in [3.8, 4) is 11.1 Å². The highest BCUT2D eigenvalue weighted by Crippen LogP contribution is 2.26. The summed E-state index contributed by atoms with van der Waals surface area (Å²) < 4.78 is 0. The Kier molecular flexibility index (Phi) is 7.28. The maximum Gasteiger partial charge on any atom is 0.252 e. The lowest BCUT2D eigenvalue weighted by Gasteiger charge is -2.16. The summed E-state index contributed by atoms with van der Waals surface area (Å²) in [6.07, 6.45) is 1.62. The summed E-state index contributed by atoms with van der Waals surface area (Å²) in [5, 5.41) is 3.09. The van der Waals surface area contributed by atoms with Crippen LogP contribution >= 0.6 is 11.8 Å². The Labute approximate surface area is 194 Å². The van der Waals surface area contributed by atoms with Crippen molar-refractivity contribution in [2.24, 2.45) is 0 Å². The number of carbonyl (C=O) groups excluding carboxylic acids is 2. The molecular formula is C27H28N2O2S. The average molecular weight is 445 g/mol. The summed E-state index contributed by atoms with van der Waals surface area (Å²) in [6.45, 7) is 4.07. The van der Waals surface area contributed by atoms with Crippen LogP contribution in [-0.2, 0) is 17.9 Å². The third kappa shape index (κ3) is 5.22. The first kappa shape index (κ1) is 22.2. The number of hydrogen-bond donors (Lipinski definition) is 1. The highest BCUT2D eigenvalue weighted by Gasteiger charge is 2.20. The zero-order chi connectivity index (χ0) is 22.3. The topological polar surface area (TPSA) is 49.4 Å². The Hall–Kier alpha value is -3.05. The molecule has 1 fully saturated rings. The number of rotatable bonds is 8. The van der Waals surface area contributed by atoms with Gasteiger partial charge in [0.05, 0.1) is 5.56 Å². The number of benzene rings is 3. The zero-order valence-electron chi connectivity index (χ0n) is 18.3. The van der Waals surface area contributed by atoms with Gasteiger partial charge in [-0.1, -0.05) is 67.6 Å². The van der Waals surface area contributed by atoms with E-state index in [1.165, 1.54) is 0 Å². The van der Waals surface area contributed by atoms with Gasteiger partial charge in [0.1, 0.15) is 0 Å². The second-order valence-corrected chi connectivity index (χ2v) is 9.19. The van der Waals surface area contributed by atoms with Gasteiger partial charge in [-0.3, -0.25) is 9.59 Å². The molecule has 1 aliphatic heterocycles. The van der Waals surface area contributed by atoms with Crippen LogP contribution in [0.15, 0.2) is 77.7 Å². The van der Waals surface area contributed by atoms with Crippen molar-refractivity contribution in [2.75, 3.05) is 12.3 Å². The van der Waals surface area contributed by atoms with Gasteiger partial charge in [0.25, 0.3) is 5.91 Å². The van der Waals surface area contributed by atoms with E-state index < -0.39 is 0 Å². The molecule has 1 aliphatic rings. The summed E-state index contributed by atoms with van der Waals surface area (Å²) in [5.41, 5.74) is 5.14. The van der Waals surface area contributed by atoms with Gasteiger partial charge < -0.3 is 10.2 Å². The fraction of sp³-hybridized carbons (Fsp3) is 0.259. The molecule has 0 atom stereocenters. The van der Waals surface area contributed by atoms with Crippen LogP contribution in [0.5, 0.6) is 0 Å². The third-order valence-corrected chi connectivity index (χ3v) is 6.65. The van der Waals surface area contributed by atoms with E-state index in [0.29, 0.717) is 19.5 Å². The second-order valence-electron chi connectivity index (χ2n) is 7.88. The molecule has 4 nitrogen and oxygen atoms in total. The summed E-state index contributed by atoms with van der Waals surface area (Å²) in [4.78, 5) is 27.7. The first-order valence-corrected chi connectivity index (χ1v) is 12.1. The molecule has 32 heavy (non-hydrogen) atoms. The van der Waals surface area contributed by atoms with E-state index in [-0.39, 0.29) is 11.8 Å². The van der Waals surface area contributed by atoms with E-state index in [4.69, 9.17) is 0 Å². The maximum absolute atomic E-state index is 12.8. The van der Waals surface area contributed by atoms with E-state index >= 15 is 0 Å². The first-order valence-electron chi connectivity index (χ1n) is 11.1. The van der Waals surface area contributed by atoms with Gasteiger partial charge in [0.2, 0.25) is 5.91 Å². The minimum atomic E-state index is -0.0537. The summed E-state index contributed by atoms with van der Waals surface area (Å²) in [7, 11) is 0. The molecule has 0 spiro atoms. The van der Waals surface area contributed by atoms with Gasteiger partial charge in [-0.2, -0.15) is 0 Å². The predicted molar refractivity (Wildman–Crippen MR) is 131 cm³/mol. The van der Waals surface area contributed by atoms with Crippen LogP contribution in [0.2, 0.25) is 0 Å². The van der Waals surface area contributed by atoms with Gasteiger partial charge in [-0.15, -0.1) is 11.8 Å². The van der Waals surface area contributed by atoms with E-state index in [1.54, 1.807) is 11.8 Å². The average Bonchev–Trinajstić information content (AvgIpc) is 3.23. The van der Waals surface area contributed by atoms with Crippen LogP contribution in [0, 0.1) is 0 Å². The van der Waals surface area contributed by atoms with Gasteiger partial charge in [-0.05, 0) is 46.6 Å². The third-order valence-electron chi connectivity index (χ3n) is 5.70. The Morgan fingerprint density at radius 3 is 2.50 bits per heavy atom. The van der Waals surface area contributed by atoms with Crippen molar-refractivity contribution in [2.45, 2.75) is 37.8 Å². The summed E-state index contributed by atoms with van der Waals surface area (Å²) in [5.74, 6) is 1.12. The maximum atomic E-state index is 12.8. The normalized spacial score (nSPS) is 13.4. The van der Waals surface area contributed by atoms with Gasteiger partial charge >= 0.3 is 0 Å². The Bertz CT molecular complexity index is 1090.